The lowest BCUT2D eigenvalue weighted by atomic mass is 9.90. The van der Waals surface area contributed by atoms with Gasteiger partial charge in [-0.3, -0.25) is 9.59 Å². The molecular weight excluding hydrogens is 320 g/mol. The standard InChI is InChI=1S/C18H26N4O3/c1-13(2)18(3,12-19)22-16(24)11-21-15-7-5-14(6-8-15)17(25)20-9-4-10-23/h5-8,13,21,23H,4,9-11H2,1-3H3,(H,20,25)(H,22,24)/t18-/m0/s1. The fourth-order valence-electron chi connectivity index (χ4n) is 1.94. The Morgan fingerprint density at radius 1 is 1.28 bits per heavy atom. The molecule has 0 unspecified atom stereocenters. The molecule has 0 bridgehead atoms. The second-order valence-corrected chi connectivity index (χ2v) is 6.28. The molecule has 0 aliphatic rings. The van der Waals surface area contributed by atoms with Gasteiger partial charge in [0, 0.05) is 24.4 Å². The van der Waals surface area contributed by atoms with Crippen LogP contribution in [0.5, 0.6) is 0 Å². The quantitative estimate of drug-likeness (QED) is 0.503. The Balaban J connectivity index is 2.52. The van der Waals surface area contributed by atoms with Crippen molar-refractivity contribution < 1.29 is 14.7 Å². The van der Waals surface area contributed by atoms with Crippen molar-refractivity contribution in [3.05, 3.63) is 29.8 Å². The van der Waals surface area contributed by atoms with Gasteiger partial charge in [0.05, 0.1) is 12.6 Å². The van der Waals surface area contributed by atoms with E-state index in [1.165, 1.54) is 0 Å². The second kappa shape index (κ2) is 9.64. The van der Waals surface area contributed by atoms with E-state index < -0.39 is 5.54 Å². The van der Waals surface area contributed by atoms with Crippen LogP contribution in [0, 0.1) is 17.2 Å². The topological polar surface area (TPSA) is 114 Å². The number of hydrogen-bond donors (Lipinski definition) is 4. The Morgan fingerprint density at radius 3 is 2.44 bits per heavy atom. The Morgan fingerprint density at radius 2 is 1.92 bits per heavy atom. The van der Waals surface area contributed by atoms with Crippen molar-refractivity contribution in [2.24, 2.45) is 5.92 Å². The first-order valence-electron chi connectivity index (χ1n) is 8.27. The Bertz CT molecular complexity index is 622. The maximum absolute atomic E-state index is 12.0. The summed E-state index contributed by atoms with van der Waals surface area (Å²) in [5, 5.41) is 26.3. The van der Waals surface area contributed by atoms with Crippen molar-refractivity contribution >= 4 is 17.5 Å². The summed E-state index contributed by atoms with van der Waals surface area (Å²) in [7, 11) is 0. The molecule has 0 aliphatic heterocycles. The SMILES string of the molecule is CC(C)[C@](C)(C#N)NC(=O)CNc1ccc(C(=O)NCCCO)cc1. The van der Waals surface area contributed by atoms with Crippen LogP contribution >= 0.6 is 0 Å². The van der Waals surface area contributed by atoms with Gasteiger partial charge in [0.25, 0.3) is 5.91 Å². The summed E-state index contributed by atoms with van der Waals surface area (Å²) in [5.74, 6) is -0.492. The summed E-state index contributed by atoms with van der Waals surface area (Å²) in [5.41, 5.74) is 0.296. The third-order valence-corrected chi connectivity index (χ3v) is 4.01. The lowest BCUT2D eigenvalue weighted by Crippen LogP contribution is -2.50. The number of amides is 2. The number of nitrogens with one attached hydrogen (secondary N) is 3. The number of nitrogens with zero attached hydrogens (tertiary/aromatic N) is 1. The van der Waals surface area contributed by atoms with E-state index in [0.29, 0.717) is 24.2 Å². The molecule has 0 saturated heterocycles. The molecule has 0 saturated carbocycles. The highest BCUT2D eigenvalue weighted by molar-refractivity contribution is 5.94. The van der Waals surface area contributed by atoms with Crippen LogP contribution < -0.4 is 16.0 Å². The van der Waals surface area contributed by atoms with Crippen molar-refractivity contribution in [1.82, 2.24) is 10.6 Å². The minimum atomic E-state index is -0.907. The van der Waals surface area contributed by atoms with E-state index in [2.05, 4.69) is 22.0 Å². The van der Waals surface area contributed by atoms with Gasteiger partial charge >= 0.3 is 0 Å². The second-order valence-electron chi connectivity index (χ2n) is 6.28. The molecule has 1 aromatic carbocycles. The molecule has 25 heavy (non-hydrogen) atoms. The van der Waals surface area contributed by atoms with Crippen LogP contribution in [0.1, 0.15) is 37.6 Å². The van der Waals surface area contributed by atoms with Gasteiger partial charge in [0.1, 0.15) is 5.54 Å². The van der Waals surface area contributed by atoms with E-state index in [1.54, 1.807) is 31.2 Å². The smallest absolute Gasteiger partial charge is 0.251 e. The van der Waals surface area contributed by atoms with E-state index in [4.69, 9.17) is 5.11 Å². The highest BCUT2D eigenvalue weighted by Crippen LogP contribution is 2.15. The van der Waals surface area contributed by atoms with Crippen LogP contribution in [0.25, 0.3) is 0 Å². The molecule has 0 spiro atoms. The minimum absolute atomic E-state index is 0.00919. The third kappa shape index (κ3) is 6.43. The Hall–Kier alpha value is -2.59. The van der Waals surface area contributed by atoms with Crippen LogP contribution in [0.3, 0.4) is 0 Å². The fraction of sp³-hybridized carbons (Fsp3) is 0.500. The normalized spacial score (nSPS) is 12.8. The predicted molar refractivity (Wildman–Crippen MR) is 96.0 cm³/mol. The molecule has 0 aromatic heterocycles. The van der Waals surface area contributed by atoms with Gasteiger partial charge in [-0.25, -0.2) is 0 Å². The summed E-state index contributed by atoms with van der Waals surface area (Å²) < 4.78 is 0. The van der Waals surface area contributed by atoms with Gasteiger partial charge in [-0.1, -0.05) is 13.8 Å². The van der Waals surface area contributed by atoms with E-state index in [0.717, 1.165) is 0 Å². The zero-order valence-electron chi connectivity index (χ0n) is 14.9. The number of anilines is 1. The number of rotatable bonds is 9. The van der Waals surface area contributed by atoms with Gasteiger partial charge in [0.2, 0.25) is 5.91 Å². The van der Waals surface area contributed by atoms with Gasteiger partial charge in [-0.15, -0.1) is 0 Å². The predicted octanol–water partition coefficient (Wildman–Crippen LogP) is 1.27. The number of aliphatic hydroxyl groups is 1. The monoisotopic (exact) mass is 346 g/mol. The van der Waals surface area contributed by atoms with Crippen molar-refractivity contribution in [2.45, 2.75) is 32.7 Å². The third-order valence-electron chi connectivity index (χ3n) is 4.01. The molecule has 0 aliphatic carbocycles. The first-order chi connectivity index (χ1) is 11.8. The summed E-state index contributed by atoms with van der Waals surface area (Å²) in [6.07, 6.45) is 0.512. The molecule has 1 rings (SSSR count). The molecule has 7 heteroatoms. The molecule has 0 radical (unpaired) electrons. The molecule has 1 atom stereocenters. The maximum Gasteiger partial charge on any atom is 0.251 e. The van der Waals surface area contributed by atoms with Gasteiger partial charge in [-0.2, -0.15) is 5.26 Å². The molecule has 4 N–H and O–H groups in total. The molecule has 136 valence electrons. The van der Waals surface area contributed by atoms with Crippen LogP contribution in [0.2, 0.25) is 0 Å². The Labute approximate surface area is 148 Å². The van der Waals surface area contributed by atoms with Crippen molar-refractivity contribution in [2.75, 3.05) is 25.0 Å². The van der Waals surface area contributed by atoms with E-state index in [9.17, 15) is 14.9 Å². The lowest BCUT2D eigenvalue weighted by molar-refractivity contribution is -0.121. The summed E-state index contributed by atoms with van der Waals surface area (Å²) in [6.45, 7) is 5.93. The Kier molecular flexibility index (Phi) is 7.89. The summed E-state index contributed by atoms with van der Waals surface area (Å²) in [6, 6.07) is 8.85. The molecule has 0 heterocycles. The summed E-state index contributed by atoms with van der Waals surface area (Å²) >= 11 is 0. The summed E-state index contributed by atoms with van der Waals surface area (Å²) in [4.78, 5) is 23.9. The highest BCUT2D eigenvalue weighted by Gasteiger charge is 2.29. The zero-order chi connectivity index (χ0) is 18.9. The van der Waals surface area contributed by atoms with Crippen molar-refractivity contribution in [1.29, 1.82) is 5.26 Å². The molecule has 7 nitrogen and oxygen atoms in total. The van der Waals surface area contributed by atoms with Gasteiger partial charge < -0.3 is 21.1 Å². The largest absolute Gasteiger partial charge is 0.396 e. The van der Waals surface area contributed by atoms with Gasteiger partial charge in [0.15, 0.2) is 0 Å². The lowest BCUT2D eigenvalue weighted by Gasteiger charge is -2.27. The number of carbonyl (C=O) groups excluding carboxylic acids is 2. The van der Waals surface area contributed by atoms with Crippen molar-refractivity contribution in [3.63, 3.8) is 0 Å². The molecule has 1 aromatic rings. The first kappa shape index (κ1) is 20.5. The highest BCUT2D eigenvalue weighted by atomic mass is 16.3. The minimum Gasteiger partial charge on any atom is -0.396 e. The number of hydrogen-bond acceptors (Lipinski definition) is 5. The first-order valence-corrected chi connectivity index (χ1v) is 8.27. The fourth-order valence-corrected chi connectivity index (χ4v) is 1.94. The zero-order valence-corrected chi connectivity index (χ0v) is 14.9. The van der Waals surface area contributed by atoms with E-state index in [1.807, 2.05) is 13.8 Å². The van der Waals surface area contributed by atoms with Crippen LogP contribution in [-0.4, -0.2) is 42.2 Å². The number of benzene rings is 1. The number of carbonyl (C=O) groups is 2. The number of aliphatic hydroxyl groups excluding tert-OH is 1. The average molecular weight is 346 g/mol. The number of nitriles is 1. The van der Waals surface area contributed by atoms with Crippen molar-refractivity contribution in [3.8, 4) is 6.07 Å². The van der Waals surface area contributed by atoms with E-state index >= 15 is 0 Å². The van der Waals surface area contributed by atoms with Crippen LogP contribution in [-0.2, 0) is 4.79 Å². The molecule has 0 fully saturated rings. The van der Waals surface area contributed by atoms with Crippen LogP contribution in [0.4, 0.5) is 5.69 Å². The van der Waals surface area contributed by atoms with Gasteiger partial charge in [-0.05, 0) is 43.5 Å². The van der Waals surface area contributed by atoms with Crippen LogP contribution in [0.15, 0.2) is 24.3 Å². The molecule has 2 amide bonds. The van der Waals surface area contributed by atoms with E-state index in [-0.39, 0.29) is 30.9 Å². The maximum atomic E-state index is 12.0. The average Bonchev–Trinajstić information content (AvgIpc) is 2.60. The molecular formula is C18H26N4O3.